The molecule has 2 aromatic carbocycles. The Labute approximate surface area is 129 Å². The molecule has 0 saturated heterocycles. The molecule has 0 atom stereocenters. The van der Waals surface area contributed by atoms with E-state index in [1.165, 1.54) is 6.07 Å². The fourth-order valence-electron chi connectivity index (χ4n) is 1.92. The molecule has 0 bridgehead atoms. The highest BCUT2D eigenvalue weighted by atomic mass is 35.5. The fraction of sp³-hybridized carbons (Fsp3) is 0.294. The van der Waals surface area contributed by atoms with Gasteiger partial charge < -0.3 is 10.1 Å². The molecule has 0 aromatic heterocycles. The average molecular weight is 308 g/mol. The second kappa shape index (κ2) is 7.43. The van der Waals surface area contributed by atoms with Crippen molar-refractivity contribution < 1.29 is 9.13 Å². The van der Waals surface area contributed by atoms with E-state index >= 15 is 0 Å². The maximum absolute atomic E-state index is 13.4. The van der Waals surface area contributed by atoms with Crippen molar-refractivity contribution in [1.29, 1.82) is 0 Å². The number of ether oxygens (including phenoxy) is 1. The van der Waals surface area contributed by atoms with Crippen LogP contribution in [0.4, 0.5) is 4.39 Å². The second-order valence-corrected chi connectivity index (χ2v) is 5.52. The third-order valence-electron chi connectivity index (χ3n) is 3.09. The summed E-state index contributed by atoms with van der Waals surface area (Å²) in [5.74, 6) is 0.360. The maximum Gasteiger partial charge on any atom is 0.142 e. The molecule has 112 valence electrons. The van der Waals surface area contributed by atoms with Crippen molar-refractivity contribution in [2.45, 2.75) is 33.0 Å². The van der Waals surface area contributed by atoms with Crippen LogP contribution in [0.25, 0.3) is 0 Å². The smallest absolute Gasteiger partial charge is 0.142 e. The molecule has 0 amide bonds. The van der Waals surface area contributed by atoms with Crippen LogP contribution in [0.2, 0.25) is 5.02 Å². The molecule has 0 spiro atoms. The van der Waals surface area contributed by atoms with E-state index in [1.54, 1.807) is 12.1 Å². The van der Waals surface area contributed by atoms with Crippen molar-refractivity contribution in [3.05, 3.63) is 64.4 Å². The molecule has 0 fully saturated rings. The van der Waals surface area contributed by atoms with E-state index in [0.29, 0.717) is 11.6 Å². The molecule has 0 radical (unpaired) electrons. The predicted octanol–water partition coefficient (Wildman–Crippen LogP) is 4.56. The normalized spacial score (nSPS) is 10.9. The number of hydrogen-bond acceptors (Lipinski definition) is 2. The quantitative estimate of drug-likeness (QED) is 0.845. The predicted molar refractivity (Wildman–Crippen MR) is 84.2 cm³/mol. The van der Waals surface area contributed by atoms with E-state index in [4.69, 9.17) is 16.3 Å². The van der Waals surface area contributed by atoms with E-state index in [9.17, 15) is 4.39 Å². The van der Waals surface area contributed by atoms with Crippen LogP contribution < -0.4 is 10.1 Å². The van der Waals surface area contributed by atoms with Crippen LogP contribution in [-0.2, 0) is 13.2 Å². The number of rotatable bonds is 6. The maximum atomic E-state index is 13.4. The van der Waals surface area contributed by atoms with Gasteiger partial charge in [-0.3, -0.25) is 0 Å². The first-order valence-corrected chi connectivity index (χ1v) is 7.32. The summed E-state index contributed by atoms with van der Waals surface area (Å²) in [7, 11) is 0. The van der Waals surface area contributed by atoms with E-state index in [-0.39, 0.29) is 11.6 Å². The Kier molecular flexibility index (Phi) is 5.59. The van der Waals surface area contributed by atoms with Crippen LogP contribution in [0.15, 0.2) is 42.5 Å². The molecule has 1 N–H and O–H groups in total. The molecule has 0 heterocycles. The van der Waals surface area contributed by atoms with Gasteiger partial charge in [0.15, 0.2) is 0 Å². The molecule has 0 aliphatic rings. The van der Waals surface area contributed by atoms with Crippen molar-refractivity contribution in [1.82, 2.24) is 5.32 Å². The minimum absolute atomic E-state index is 0.121. The molecule has 0 aliphatic heterocycles. The Hall–Kier alpha value is -1.58. The largest absolute Gasteiger partial charge is 0.489 e. The van der Waals surface area contributed by atoms with E-state index in [2.05, 4.69) is 19.2 Å². The van der Waals surface area contributed by atoms with Gasteiger partial charge in [0, 0.05) is 23.7 Å². The zero-order valence-electron chi connectivity index (χ0n) is 12.2. The molecule has 2 nitrogen and oxygen atoms in total. The van der Waals surface area contributed by atoms with Crippen molar-refractivity contribution in [3.8, 4) is 5.75 Å². The number of halogens is 2. The second-order valence-electron chi connectivity index (χ2n) is 5.14. The van der Waals surface area contributed by atoms with Crippen molar-refractivity contribution >= 4 is 11.6 Å². The first kappa shape index (κ1) is 15.8. The SMILES string of the molecule is CC(C)NCc1ccccc1OCc1cccc(F)c1Cl. The summed E-state index contributed by atoms with van der Waals surface area (Å²) >= 11 is 5.93. The lowest BCUT2D eigenvalue weighted by molar-refractivity contribution is 0.301. The van der Waals surface area contributed by atoms with Gasteiger partial charge in [-0.1, -0.05) is 55.8 Å². The molecular formula is C17H19ClFNO. The third-order valence-corrected chi connectivity index (χ3v) is 3.51. The lowest BCUT2D eigenvalue weighted by Crippen LogP contribution is -2.22. The Morgan fingerprint density at radius 1 is 1.10 bits per heavy atom. The fourth-order valence-corrected chi connectivity index (χ4v) is 2.10. The van der Waals surface area contributed by atoms with Crippen LogP contribution in [0.1, 0.15) is 25.0 Å². The molecule has 2 rings (SSSR count). The van der Waals surface area contributed by atoms with Crippen molar-refractivity contribution in [2.24, 2.45) is 0 Å². The van der Waals surface area contributed by atoms with Gasteiger partial charge in [-0.15, -0.1) is 0 Å². The topological polar surface area (TPSA) is 21.3 Å². The van der Waals surface area contributed by atoms with Crippen molar-refractivity contribution in [2.75, 3.05) is 0 Å². The molecule has 21 heavy (non-hydrogen) atoms. The van der Waals surface area contributed by atoms with Gasteiger partial charge in [-0.2, -0.15) is 0 Å². The first-order valence-electron chi connectivity index (χ1n) is 6.95. The summed E-state index contributed by atoms with van der Waals surface area (Å²) in [4.78, 5) is 0. The highest BCUT2D eigenvalue weighted by molar-refractivity contribution is 6.31. The summed E-state index contributed by atoms with van der Waals surface area (Å²) in [6, 6.07) is 12.9. The summed E-state index contributed by atoms with van der Waals surface area (Å²) in [5.41, 5.74) is 1.71. The molecular weight excluding hydrogens is 289 g/mol. The van der Waals surface area contributed by atoms with E-state index in [0.717, 1.165) is 17.9 Å². The first-order chi connectivity index (χ1) is 10.1. The number of hydrogen-bond donors (Lipinski definition) is 1. The molecule has 4 heteroatoms. The monoisotopic (exact) mass is 307 g/mol. The lowest BCUT2D eigenvalue weighted by Gasteiger charge is -2.14. The average Bonchev–Trinajstić information content (AvgIpc) is 2.47. The van der Waals surface area contributed by atoms with E-state index < -0.39 is 5.82 Å². The molecule has 0 saturated carbocycles. The van der Waals surface area contributed by atoms with Gasteiger partial charge in [-0.25, -0.2) is 4.39 Å². The minimum atomic E-state index is -0.424. The number of benzene rings is 2. The lowest BCUT2D eigenvalue weighted by atomic mass is 10.2. The zero-order chi connectivity index (χ0) is 15.2. The Bertz CT molecular complexity index is 601. The van der Waals surface area contributed by atoms with Gasteiger partial charge in [0.1, 0.15) is 18.2 Å². The minimum Gasteiger partial charge on any atom is -0.489 e. The Morgan fingerprint density at radius 3 is 2.57 bits per heavy atom. The Morgan fingerprint density at radius 2 is 1.81 bits per heavy atom. The van der Waals surface area contributed by atoms with Gasteiger partial charge >= 0.3 is 0 Å². The van der Waals surface area contributed by atoms with Crippen LogP contribution in [0, 0.1) is 5.82 Å². The highest BCUT2D eigenvalue weighted by Gasteiger charge is 2.08. The van der Waals surface area contributed by atoms with Crippen LogP contribution in [0.3, 0.4) is 0 Å². The highest BCUT2D eigenvalue weighted by Crippen LogP contribution is 2.23. The summed E-state index contributed by atoms with van der Waals surface area (Å²) in [6.07, 6.45) is 0. The summed E-state index contributed by atoms with van der Waals surface area (Å²) in [5, 5.41) is 3.48. The summed E-state index contributed by atoms with van der Waals surface area (Å²) in [6.45, 7) is 5.16. The van der Waals surface area contributed by atoms with Gasteiger partial charge in [-0.05, 0) is 12.1 Å². The molecule has 0 unspecified atom stereocenters. The summed E-state index contributed by atoms with van der Waals surface area (Å²) < 4.78 is 19.2. The van der Waals surface area contributed by atoms with Gasteiger partial charge in [0.05, 0.1) is 5.02 Å². The number of para-hydroxylation sites is 1. The molecule has 0 aliphatic carbocycles. The standard InChI is InChI=1S/C17H19ClFNO/c1-12(2)20-10-13-6-3-4-9-16(13)21-11-14-7-5-8-15(19)17(14)18/h3-9,12,20H,10-11H2,1-2H3. The zero-order valence-corrected chi connectivity index (χ0v) is 13.0. The van der Waals surface area contributed by atoms with Crippen LogP contribution in [-0.4, -0.2) is 6.04 Å². The van der Waals surface area contributed by atoms with Gasteiger partial charge in [0.25, 0.3) is 0 Å². The molecule has 2 aromatic rings. The van der Waals surface area contributed by atoms with E-state index in [1.807, 2.05) is 24.3 Å². The van der Waals surface area contributed by atoms with Crippen LogP contribution >= 0.6 is 11.6 Å². The Balaban J connectivity index is 2.07. The van der Waals surface area contributed by atoms with Crippen molar-refractivity contribution in [3.63, 3.8) is 0 Å². The van der Waals surface area contributed by atoms with Gasteiger partial charge in [0.2, 0.25) is 0 Å². The number of nitrogens with one attached hydrogen (secondary N) is 1. The van der Waals surface area contributed by atoms with Crippen LogP contribution in [0.5, 0.6) is 5.75 Å². The third kappa shape index (κ3) is 4.45.